The van der Waals surface area contributed by atoms with E-state index in [-0.39, 0.29) is 6.67 Å². The Balaban J connectivity index is 3.18. The largest absolute Gasteiger partial charge is 0.346 e. The van der Waals surface area contributed by atoms with Gasteiger partial charge in [0.1, 0.15) is 6.67 Å². The van der Waals surface area contributed by atoms with Gasteiger partial charge in [0.25, 0.3) is 0 Å². The lowest BCUT2D eigenvalue weighted by atomic mass is 10.1. The van der Waals surface area contributed by atoms with Gasteiger partial charge in [-0.2, -0.15) is 4.99 Å². The van der Waals surface area contributed by atoms with Crippen molar-refractivity contribution in [3.8, 4) is 0 Å². The van der Waals surface area contributed by atoms with E-state index < -0.39 is 5.81 Å². The van der Waals surface area contributed by atoms with Crippen LogP contribution in [0.25, 0.3) is 0 Å². The van der Waals surface area contributed by atoms with E-state index in [2.05, 4.69) is 18.2 Å². The van der Waals surface area contributed by atoms with Crippen LogP contribution in [0.3, 0.4) is 0 Å². The molecular weight excluding hydrogens is 107 g/mol. The van der Waals surface area contributed by atoms with Gasteiger partial charge < -0.3 is 5.32 Å². The van der Waals surface area contributed by atoms with Crippen molar-refractivity contribution in [2.45, 2.75) is 0 Å². The Bertz CT molecular complexity index is 127. The summed E-state index contributed by atoms with van der Waals surface area (Å²) in [6.07, 6.45) is 1.23. The van der Waals surface area contributed by atoms with Gasteiger partial charge >= 0.3 is 0 Å². The molecule has 0 aromatic heterocycles. The van der Waals surface area contributed by atoms with E-state index in [4.69, 9.17) is 0 Å². The standard InChI is InChI=1S/C3H3BN2O2/c4-3(8)6-1-5-2-7/h1H2,(H,6,8). The van der Waals surface area contributed by atoms with Crippen LogP contribution in [-0.4, -0.2) is 26.4 Å². The fraction of sp³-hybridized carbons (Fsp3) is 0.333. The van der Waals surface area contributed by atoms with Gasteiger partial charge in [-0.15, -0.1) is 0 Å². The molecule has 4 nitrogen and oxygen atoms in total. The molecule has 5 heteroatoms. The SMILES string of the molecule is [B]C(=O)NCN=C=O. The van der Waals surface area contributed by atoms with Crippen LogP contribution in [0.15, 0.2) is 4.99 Å². The van der Waals surface area contributed by atoms with Gasteiger partial charge in [-0.25, -0.2) is 4.79 Å². The normalized spacial score (nSPS) is 7.00. The van der Waals surface area contributed by atoms with Gasteiger partial charge in [0, 0.05) is 0 Å². The second-order valence-electron chi connectivity index (χ2n) is 0.949. The van der Waals surface area contributed by atoms with Crippen LogP contribution in [0.4, 0.5) is 4.79 Å². The van der Waals surface area contributed by atoms with Gasteiger partial charge in [0.05, 0.1) is 0 Å². The minimum Gasteiger partial charge on any atom is -0.346 e. The number of aliphatic imine (C=N–C) groups is 1. The highest BCUT2D eigenvalue weighted by atomic mass is 16.1. The van der Waals surface area contributed by atoms with E-state index in [0.717, 1.165) is 0 Å². The fourth-order valence-corrected chi connectivity index (χ4v) is 0.150. The summed E-state index contributed by atoms with van der Waals surface area (Å²) >= 11 is 0. The number of rotatable bonds is 2. The Hall–Kier alpha value is -1.09. The van der Waals surface area contributed by atoms with Crippen LogP contribution >= 0.6 is 0 Å². The molecule has 0 aromatic rings. The second-order valence-corrected chi connectivity index (χ2v) is 0.949. The molecule has 0 aliphatic carbocycles. The molecule has 0 aliphatic rings. The van der Waals surface area contributed by atoms with Crippen LogP contribution in [-0.2, 0) is 4.79 Å². The van der Waals surface area contributed by atoms with Crippen LogP contribution in [0.2, 0.25) is 0 Å². The fourth-order valence-electron chi connectivity index (χ4n) is 0.150. The first-order valence-corrected chi connectivity index (χ1v) is 1.84. The highest BCUT2D eigenvalue weighted by Crippen LogP contribution is 1.58. The summed E-state index contributed by atoms with van der Waals surface area (Å²) in [6.45, 7) is -0.0984. The molecule has 2 radical (unpaired) electrons. The van der Waals surface area contributed by atoms with Crippen molar-refractivity contribution in [1.29, 1.82) is 0 Å². The Morgan fingerprint density at radius 1 is 1.88 bits per heavy atom. The molecule has 1 N–H and O–H groups in total. The van der Waals surface area contributed by atoms with Crippen molar-refractivity contribution in [3.05, 3.63) is 0 Å². The quantitative estimate of drug-likeness (QED) is 0.286. The molecule has 0 aromatic carbocycles. The third-order valence-electron chi connectivity index (χ3n) is 0.397. The molecule has 0 rings (SSSR count). The van der Waals surface area contributed by atoms with Crippen molar-refractivity contribution in [2.75, 3.05) is 6.67 Å². The molecule has 0 spiro atoms. The minimum atomic E-state index is -0.705. The first kappa shape index (κ1) is 6.91. The first-order chi connectivity index (χ1) is 3.77. The van der Waals surface area contributed by atoms with Gasteiger partial charge in [0.2, 0.25) is 13.9 Å². The van der Waals surface area contributed by atoms with Crippen molar-refractivity contribution >= 4 is 19.7 Å². The molecule has 0 saturated carbocycles. The summed E-state index contributed by atoms with van der Waals surface area (Å²) in [5, 5.41) is 2.06. The maximum absolute atomic E-state index is 9.80. The van der Waals surface area contributed by atoms with Gasteiger partial charge in [-0.3, -0.25) is 4.79 Å². The molecular formula is C3H3BN2O2. The Morgan fingerprint density at radius 2 is 2.50 bits per heavy atom. The number of amides is 1. The van der Waals surface area contributed by atoms with Crippen LogP contribution < -0.4 is 5.32 Å². The summed E-state index contributed by atoms with van der Waals surface area (Å²) in [7, 11) is 4.59. The number of isocyanates is 1. The summed E-state index contributed by atoms with van der Waals surface area (Å²) in [5.74, 6) is -0.705. The first-order valence-electron chi connectivity index (χ1n) is 1.84. The summed E-state index contributed by atoms with van der Waals surface area (Å²) in [4.78, 5) is 22.1. The van der Waals surface area contributed by atoms with Crippen LogP contribution in [0, 0.1) is 0 Å². The number of carbonyl (C=O) groups excluding carboxylic acids is 2. The topological polar surface area (TPSA) is 58.5 Å². The highest BCUT2D eigenvalue weighted by Gasteiger charge is 1.82. The molecule has 0 aliphatic heterocycles. The number of nitrogens with one attached hydrogen (secondary N) is 1. The summed E-state index contributed by atoms with van der Waals surface area (Å²) < 4.78 is 0. The molecule has 1 amide bonds. The molecule has 0 bridgehead atoms. The average molecular weight is 110 g/mol. The lowest BCUT2D eigenvalue weighted by molar-refractivity contribution is 0.260. The zero-order valence-corrected chi connectivity index (χ0v) is 4.05. The van der Waals surface area contributed by atoms with E-state index in [1.807, 2.05) is 0 Å². The molecule has 0 atom stereocenters. The predicted molar refractivity (Wildman–Crippen MR) is 27.3 cm³/mol. The monoisotopic (exact) mass is 110 g/mol. The van der Waals surface area contributed by atoms with E-state index in [1.165, 1.54) is 6.08 Å². The molecule has 40 valence electrons. The number of carbonyl (C=O) groups is 1. The summed E-state index contributed by atoms with van der Waals surface area (Å²) in [6, 6.07) is 0. The minimum absolute atomic E-state index is 0.0984. The zero-order valence-electron chi connectivity index (χ0n) is 4.05. The lowest BCUT2D eigenvalue weighted by Gasteiger charge is -1.89. The average Bonchev–Trinajstić information content (AvgIpc) is 1.66. The molecule has 8 heavy (non-hydrogen) atoms. The molecule has 0 saturated heterocycles. The zero-order chi connectivity index (χ0) is 6.41. The van der Waals surface area contributed by atoms with E-state index >= 15 is 0 Å². The van der Waals surface area contributed by atoms with Gasteiger partial charge in [-0.05, 0) is 0 Å². The van der Waals surface area contributed by atoms with E-state index in [9.17, 15) is 9.59 Å². The lowest BCUT2D eigenvalue weighted by Crippen LogP contribution is -2.20. The van der Waals surface area contributed by atoms with Crippen molar-refractivity contribution in [3.63, 3.8) is 0 Å². The maximum Gasteiger partial charge on any atom is 0.236 e. The van der Waals surface area contributed by atoms with Crippen molar-refractivity contribution in [2.24, 2.45) is 4.99 Å². The van der Waals surface area contributed by atoms with Crippen LogP contribution in [0.1, 0.15) is 0 Å². The second kappa shape index (κ2) is 4.08. The third-order valence-corrected chi connectivity index (χ3v) is 0.397. The van der Waals surface area contributed by atoms with Crippen LogP contribution in [0.5, 0.6) is 0 Å². The Morgan fingerprint density at radius 3 is 2.88 bits per heavy atom. The van der Waals surface area contributed by atoms with Crippen molar-refractivity contribution < 1.29 is 9.59 Å². The Labute approximate surface area is 47.4 Å². The maximum atomic E-state index is 9.80. The third kappa shape index (κ3) is 4.91. The number of hydrogen-bond acceptors (Lipinski definition) is 3. The summed E-state index contributed by atoms with van der Waals surface area (Å²) in [5.41, 5.74) is 0. The van der Waals surface area contributed by atoms with E-state index in [1.54, 1.807) is 0 Å². The molecule has 0 unspecified atom stereocenters. The van der Waals surface area contributed by atoms with Gasteiger partial charge in [0.15, 0.2) is 5.81 Å². The van der Waals surface area contributed by atoms with Gasteiger partial charge in [-0.1, -0.05) is 0 Å². The smallest absolute Gasteiger partial charge is 0.236 e. The molecule has 0 heterocycles. The predicted octanol–water partition coefficient (Wildman–Crippen LogP) is -0.842. The number of nitrogens with zero attached hydrogens (tertiary/aromatic N) is 1. The van der Waals surface area contributed by atoms with Crippen molar-refractivity contribution in [1.82, 2.24) is 5.32 Å². The molecule has 0 fully saturated rings. The number of hydrogen-bond donors (Lipinski definition) is 1. The highest BCUT2D eigenvalue weighted by molar-refractivity contribution is 6.57. The Kier molecular flexibility index (Phi) is 3.53. The van der Waals surface area contributed by atoms with E-state index in [0.29, 0.717) is 0 Å².